The predicted molar refractivity (Wildman–Crippen MR) is 73.0 cm³/mol. The number of hydrogen-bond donors (Lipinski definition) is 1. The van der Waals surface area contributed by atoms with Crippen LogP contribution >= 0.6 is 0 Å². The normalized spacial score (nSPS) is 58.8. The number of fused-ring (bicyclic) bond motifs is 1. The molecule has 0 aromatic rings. The summed E-state index contributed by atoms with van der Waals surface area (Å²) in [5.74, 6) is -5.20. The van der Waals surface area contributed by atoms with Crippen molar-refractivity contribution in [3.8, 4) is 0 Å². The highest BCUT2D eigenvalue weighted by molar-refractivity contribution is 5.15. The fourth-order valence-corrected chi connectivity index (χ4v) is 5.52. The van der Waals surface area contributed by atoms with Gasteiger partial charge in [-0.3, -0.25) is 0 Å². The number of aliphatic hydroxyl groups is 1. The van der Waals surface area contributed by atoms with Crippen molar-refractivity contribution < 1.29 is 32.5 Å². The Morgan fingerprint density at radius 2 is 1.74 bits per heavy atom. The van der Waals surface area contributed by atoms with Gasteiger partial charge in [-0.25, -0.2) is 0 Å². The molecule has 3 aliphatic heterocycles. The van der Waals surface area contributed by atoms with E-state index >= 15 is 0 Å². The Morgan fingerprint density at radius 3 is 2.39 bits per heavy atom. The van der Waals surface area contributed by atoms with Crippen LogP contribution in [0, 0.1) is 23.7 Å². The molecule has 0 radical (unpaired) electrons. The van der Waals surface area contributed by atoms with Crippen LogP contribution in [0.25, 0.3) is 0 Å². The zero-order chi connectivity index (χ0) is 16.8. The smallest absolute Gasteiger partial charge is 0.358 e. The molecule has 1 aliphatic carbocycles. The summed E-state index contributed by atoms with van der Waals surface area (Å²) in [6.45, 7) is 5.29. The minimum Gasteiger partial charge on any atom is -0.358 e. The summed E-state index contributed by atoms with van der Waals surface area (Å²) in [5.41, 5.74) is -0.873. The number of rotatable bonds is 0. The maximum absolute atomic E-state index is 13.5. The van der Waals surface area contributed by atoms with Crippen LogP contribution in [0.3, 0.4) is 0 Å². The third kappa shape index (κ3) is 1.82. The molecule has 4 nitrogen and oxygen atoms in total. The van der Waals surface area contributed by atoms with Gasteiger partial charge in [-0.15, -0.1) is 0 Å². The third-order valence-electron chi connectivity index (χ3n) is 6.72. The standard InChI is InChI=1S/C16H23F3O4/c1-8-4-5-11-9(2)15(20,16(17,18)19)22-12-14(11)10(8)6-7-13(3,21-12)23-14/h8-12,20H,4-7H2,1-3H3/t8-,9-,10?,11+,12+,13+,14-,15-/m1/s1. The van der Waals surface area contributed by atoms with E-state index in [9.17, 15) is 18.3 Å². The Bertz CT molecular complexity index is 526. The highest BCUT2D eigenvalue weighted by Gasteiger charge is 2.77. The van der Waals surface area contributed by atoms with E-state index in [4.69, 9.17) is 14.2 Å². The molecule has 4 fully saturated rings. The molecular weight excluding hydrogens is 313 g/mol. The Hall–Kier alpha value is -0.370. The first-order valence-corrected chi connectivity index (χ1v) is 8.38. The summed E-state index contributed by atoms with van der Waals surface area (Å²) < 4.78 is 57.8. The molecule has 4 aliphatic rings. The monoisotopic (exact) mass is 336 g/mol. The van der Waals surface area contributed by atoms with Crippen molar-refractivity contribution in [1.82, 2.24) is 0 Å². The molecule has 0 aromatic heterocycles. The minimum absolute atomic E-state index is 0.0991. The summed E-state index contributed by atoms with van der Waals surface area (Å²) >= 11 is 0. The SMILES string of the molecule is C[C@@H]1CC[C@H]2[C@@H](C)[C@](O)(C(F)(F)F)O[C@@H]3O[C@]4(C)CCC1[C@]32O4. The Balaban J connectivity index is 1.82. The molecule has 0 aromatic carbocycles. The summed E-state index contributed by atoms with van der Waals surface area (Å²) in [7, 11) is 0. The van der Waals surface area contributed by atoms with Crippen LogP contribution in [-0.2, 0) is 14.2 Å². The van der Waals surface area contributed by atoms with E-state index in [2.05, 4.69) is 6.92 Å². The molecule has 3 saturated heterocycles. The van der Waals surface area contributed by atoms with E-state index in [0.29, 0.717) is 18.8 Å². The fourth-order valence-electron chi connectivity index (χ4n) is 5.52. The van der Waals surface area contributed by atoms with Gasteiger partial charge in [0.05, 0.1) is 0 Å². The van der Waals surface area contributed by atoms with Gasteiger partial charge in [0.2, 0.25) is 0 Å². The van der Waals surface area contributed by atoms with Gasteiger partial charge >= 0.3 is 6.18 Å². The van der Waals surface area contributed by atoms with Crippen molar-refractivity contribution in [3.05, 3.63) is 0 Å². The van der Waals surface area contributed by atoms with Crippen LogP contribution in [0.2, 0.25) is 0 Å². The lowest BCUT2D eigenvalue weighted by molar-refractivity contribution is -0.455. The van der Waals surface area contributed by atoms with Gasteiger partial charge in [0, 0.05) is 18.3 Å². The zero-order valence-corrected chi connectivity index (χ0v) is 13.5. The van der Waals surface area contributed by atoms with E-state index in [1.165, 1.54) is 6.92 Å². The molecule has 3 heterocycles. The molecule has 23 heavy (non-hydrogen) atoms. The molecule has 132 valence electrons. The van der Waals surface area contributed by atoms with Crippen LogP contribution in [0.4, 0.5) is 13.2 Å². The van der Waals surface area contributed by atoms with Crippen LogP contribution in [0.1, 0.15) is 46.5 Å². The predicted octanol–water partition coefficient (Wildman–Crippen LogP) is 3.19. The molecule has 1 N–H and O–H groups in total. The number of hydrogen-bond acceptors (Lipinski definition) is 4. The van der Waals surface area contributed by atoms with Crippen LogP contribution in [0.5, 0.6) is 0 Å². The molecule has 7 heteroatoms. The molecule has 8 atom stereocenters. The summed E-state index contributed by atoms with van der Waals surface area (Å²) in [6.07, 6.45) is -3.14. The van der Waals surface area contributed by atoms with Crippen molar-refractivity contribution in [2.45, 2.75) is 76.1 Å². The molecule has 1 unspecified atom stereocenters. The van der Waals surface area contributed by atoms with Crippen molar-refractivity contribution in [1.29, 1.82) is 0 Å². The van der Waals surface area contributed by atoms with E-state index in [1.54, 1.807) is 6.92 Å². The molecule has 4 rings (SSSR count). The largest absolute Gasteiger partial charge is 0.443 e. The second-order valence-corrected chi connectivity index (χ2v) is 7.95. The highest BCUT2D eigenvalue weighted by Crippen LogP contribution is 2.65. The second kappa shape index (κ2) is 4.42. The third-order valence-corrected chi connectivity index (χ3v) is 6.72. The van der Waals surface area contributed by atoms with Gasteiger partial charge in [0.15, 0.2) is 12.1 Å². The maximum atomic E-state index is 13.5. The first-order chi connectivity index (χ1) is 10.5. The molecule has 0 amide bonds. The molecule has 1 saturated carbocycles. The number of ether oxygens (including phenoxy) is 3. The summed E-state index contributed by atoms with van der Waals surface area (Å²) in [6, 6.07) is 0. The van der Waals surface area contributed by atoms with Crippen molar-refractivity contribution in [2.24, 2.45) is 23.7 Å². The minimum atomic E-state index is -4.87. The Labute approximate surface area is 133 Å². The Morgan fingerprint density at radius 1 is 1.04 bits per heavy atom. The Kier molecular flexibility index (Phi) is 3.10. The lowest BCUT2D eigenvalue weighted by Gasteiger charge is -2.60. The van der Waals surface area contributed by atoms with Gasteiger partial charge in [-0.2, -0.15) is 13.2 Å². The summed E-state index contributed by atoms with van der Waals surface area (Å²) in [5, 5.41) is 10.3. The van der Waals surface area contributed by atoms with Gasteiger partial charge in [-0.1, -0.05) is 13.8 Å². The average molecular weight is 336 g/mol. The fraction of sp³-hybridized carbons (Fsp3) is 1.00. The summed E-state index contributed by atoms with van der Waals surface area (Å²) in [4.78, 5) is 0. The number of halogens is 3. The number of alkyl halides is 3. The van der Waals surface area contributed by atoms with Gasteiger partial charge in [0.25, 0.3) is 5.79 Å². The average Bonchev–Trinajstić information content (AvgIpc) is 2.64. The molecular formula is C16H23F3O4. The van der Waals surface area contributed by atoms with Crippen molar-refractivity contribution >= 4 is 0 Å². The topological polar surface area (TPSA) is 47.9 Å². The van der Waals surface area contributed by atoms with Crippen LogP contribution in [-0.4, -0.2) is 34.7 Å². The zero-order valence-electron chi connectivity index (χ0n) is 13.5. The second-order valence-electron chi connectivity index (χ2n) is 7.95. The van der Waals surface area contributed by atoms with Gasteiger partial charge in [0.1, 0.15) is 5.60 Å². The lowest BCUT2D eigenvalue weighted by Crippen LogP contribution is -2.72. The van der Waals surface area contributed by atoms with E-state index in [-0.39, 0.29) is 5.92 Å². The molecule has 2 bridgehead atoms. The van der Waals surface area contributed by atoms with Crippen LogP contribution in [0.15, 0.2) is 0 Å². The van der Waals surface area contributed by atoms with E-state index in [0.717, 1.165) is 12.8 Å². The van der Waals surface area contributed by atoms with E-state index < -0.39 is 41.5 Å². The first-order valence-electron chi connectivity index (χ1n) is 8.38. The van der Waals surface area contributed by atoms with E-state index in [1.807, 2.05) is 0 Å². The molecule has 1 spiro atoms. The lowest BCUT2D eigenvalue weighted by atomic mass is 9.56. The first kappa shape index (κ1) is 16.1. The highest BCUT2D eigenvalue weighted by atomic mass is 19.4. The maximum Gasteiger partial charge on any atom is 0.443 e. The quantitative estimate of drug-likeness (QED) is 0.738. The van der Waals surface area contributed by atoms with Gasteiger partial charge in [-0.05, 0) is 38.0 Å². The van der Waals surface area contributed by atoms with Gasteiger partial charge < -0.3 is 19.3 Å². The van der Waals surface area contributed by atoms with Crippen molar-refractivity contribution in [3.63, 3.8) is 0 Å². The van der Waals surface area contributed by atoms with Crippen LogP contribution < -0.4 is 0 Å². The van der Waals surface area contributed by atoms with Crippen molar-refractivity contribution in [2.75, 3.05) is 0 Å².